The van der Waals surface area contributed by atoms with Crippen LogP contribution in [0.25, 0.3) is 0 Å². The fraction of sp³-hybridized carbons (Fsp3) is 0.200. The van der Waals surface area contributed by atoms with Gasteiger partial charge in [0, 0.05) is 0 Å². The Morgan fingerprint density at radius 1 is 1.83 bits per heavy atom. The zero-order valence-electron chi connectivity index (χ0n) is 3.65. The zero-order chi connectivity index (χ0) is 4.41. The molecule has 0 spiro atoms. The van der Waals surface area contributed by atoms with Crippen molar-refractivity contribution in [3.63, 3.8) is 0 Å². The fourth-order valence-corrected chi connectivity index (χ4v) is 3.30. The molecule has 0 aromatic rings. The molecule has 0 aromatic carbocycles. The van der Waals surface area contributed by atoms with Gasteiger partial charge in [-0.2, -0.15) is 0 Å². The van der Waals surface area contributed by atoms with Gasteiger partial charge in [-0.1, -0.05) is 0 Å². The van der Waals surface area contributed by atoms with E-state index in [0.29, 0.717) is 0 Å². The monoisotopic (exact) mass is 181 g/mol. The van der Waals surface area contributed by atoms with Crippen molar-refractivity contribution in [1.29, 1.82) is 0 Å². The third-order valence-corrected chi connectivity index (χ3v) is 4.34. The molecule has 1 radical (unpaired) electrons. The summed E-state index contributed by atoms with van der Waals surface area (Å²) in [7, 11) is 0. The summed E-state index contributed by atoms with van der Waals surface area (Å²) in [6, 6.07) is 0. The Morgan fingerprint density at radius 3 is 2.83 bits per heavy atom. The SMILES string of the molecule is C=C1C=[CH][In][CH2]1. The molecular formula is C5H6In. The molecule has 1 rings (SSSR count). The molecule has 0 saturated heterocycles. The molecule has 0 aliphatic carbocycles. The van der Waals surface area contributed by atoms with Gasteiger partial charge in [-0.15, -0.1) is 0 Å². The van der Waals surface area contributed by atoms with E-state index in [9.17, 15) is 0 Å². The van der Waals surface area contributed by atoms with Crippen molar-refractivity contribution >= 4 is 22.9 Å². The van der Waals surface area contributed by atoms with Crippen LogP contribution in [-0.4, -0.2) is 22.9 Å². The Morgan fingerprint density at radius 2 is 2.67 bits per heavy atom. The van der Waals surface area contributed by atoms with Gasteiger partial charge >= 0.3 is 49.1 Å². The Hall–Kier alpha value is 0.350. The van der Waals surface area contributed by atoms with E-state index < -0.39 is 0 Å². The van der Waals surface area contributed by atoms with E-state index in [2.05, 4.69) is 16.5 Å². The molecule has 1 heterocycles. The van der Waals surface area contributed by atoms with E-state index in [1.807, 2.05) is 0 Å². The summed E-state index contributed by atoms with van der Waals surface area (Å²) in [4.78, 5) is 0. The van der Waals surface area contributed by atoms with Crippen LogP contribution in [0.2, 0.25) is 4.18 Å². The van der Waals surface area contributed by atoms with E-state index in [1.165, 1.54) is 9.75 Å². The maximum atomic E-state index is 3.81. The summed E-state index contributed by atoms with van der Waals surface area (Å²) >= 11 is -0.149. The van der Waals surface area contributed by atoms with Crippen molar-refractivity contribution in [2.75, 3.05) is 0 Å². The Kier molecular flexibility index (Phi) is 1.41. The molecule has 0 amide bonds. The van der Waals surface area contributed by atoms with E-state index in [4.69, 9.17) is 0 Å². The normalized spacial score (nSPS) is 18.3. The standard InChI is InChI=1S/C5H6.In/c1-4-5(2)3;/h1,4H,2-3H2;. The summed E-state index contributed by atoms with van der Waals surface area (Å²) in [6.07, 6.45) is 2.17. The predicted molar refractivity (Wildman–Crippen MR) is 28.8 cm³/mol. The van der Waals surface area contributed by atoms with Gasteiger partial charge in [0.2, 0.25) is 0 Å². The van der Waals surface area contributed by atoms with Crippen molar-refractivity contribution in [2.24, 2.45) is 0 Å². The van der Waals surface area contributed by atoms with Gasteiger partial charge in [0.15, 0.2) is 0 Å². The summed E-state index contributed by atoms with van der Waals surface area (Å²) in [5.41, 5.74) is 1.36. The molecule has 6 heavy (non-hydrogen) atoms. The number of hydrogen-bond acceptors (Lipinski definition) is 0. The van der Waals surface area contributed by atoms with Gasteiger partial charge < -0.3 is 0 Å². The Balaban J connectivity index is 2.59. The van der Waals surface area contributed by atoms with Gasteiger partial charge in [-0.25, -0.2) is 0 Å². The molecule has 1 aliphatic rings. The van der Waals surface area contributed by atoms with E-state index in [-0.39, 0.29) is 22.9 Å². The molecule has 1 heteroatoms. The van der Waals surface area contributed by atoms with Crippen LogP contribution in [0.15, 0.2) is 22.1 Å². The second-order valence-electron chi connectivity index (χ2n) is 1.46. The molecule has 1 aliphatic heterocycles. The summed E-state index contributed by atoms with van der Waals surface area (Å²) in [5.74, 6) is 0. The molecule has 0 saturated carbocycles. The van der Waals surface area contributed by atoms with Crippen LogP contribution in [0.5, 0.6) is 0 Å². The number of rotatable bonds is 0. The van der Waals surface area contributed by atoms with E-state index in [0.717, 1.165) is 0 Å². The minimum absolute atomic E-state index is 0.149. The first-order valence-electron chi connectivity index (χ1n) is 2.07. The number of allylic oxidation sites excluding steroid dienone is 2. The van der Waals surface area contributed by atoms with Gasteiger partial charge in [0.25, 0.3) is 0 Å². The van der Waals surface area contributed by atoms with Gasteiger partial charge in [0.05, 0.1) is 0 Å². The van der Waals surface area contributed by atoms with Crippen LogP contribution in [-0.2, 0) is 0 Å². The predicted octanol–water partition coefficient (Wildman–Crippen LogP) is 1.19. The molecule has 0 fully saturated rings. The minimum atomic E-state index is -0.149. The van der Waals surface area contributed by atoms with E-state index >= 15 is 0 Å². The molecular weight excluding hydrogens is 175 g/mol. The molecule has 29 valence electrons. The summed E-state index contributed by atoms with van der Waals surface area (Å²) in [6.45, 7) is 3.81. The first kappa shape index (κ1) is 4.51. The Labute approximate surface area is 49.3 Å². The second-order valence-corrected chi connectivity index (χ2v) is 5.07. The van der Waals surface area contributed by atoms with Crippen LogP contribution in [0, 0.1) is 0 Å². The molecule has 0 bridgehead atoms. The molecule has 0 unspecified atom stereocenters. The van der Waals surface area contributed by atoms with Crippen molar-refractivity contribution in [2.45, 2.75) is 4.18 Å². The quantitative estimate of drug-likeness (QED) is 0.526. The van der Waals surface area contributed by atoms with Crippen molar-refractivity contribution in [1.82, 2.24) is 0 Å². The molecule has 0 nitrogen and oxygen atoms in total. The van der Waals surface area contributed by atoms with Crippen molar-refractivity contribution < 1.29 is 0 Å². The first-order valence-corrected chi connectivity index (χ1v) is 6.30. The van der Waals surface area contributed by atoms with Gasteiger partial charge in [-0.05, 0) is 0 Å². The average molecular weight is 181 g/mol. The van der Waals surface area contributed by atoms with Crippen molar-refractivity contribution in [3.05, 3.63) is 22.1 Å². The van der Waals surface area contributed by atoms with Crippen LogP contribution in [0.1, 0.15) is 0 Å². The molecule has 0 aromatic heterocycles. The molecule has 0 N–H and O–H groups in total. The summed E-state index contributed by atoms with van der Waals surface area (Å²) in [5, 5.41) is 0. The second kappa shape index (κ2) is 1.87. The third kappa shape index (κ3) is 0.904. The third-order valence-electron chi connectivity index (χ3n) is 0.848. The fourth-order valence-electron chi connectivity index (χ4n) is 0.492. The van der Waals surface area contributed by atoms with E-state index in [1.54, 1.807) is 0 Å². The Bertz CT molecular complexity index is 92.1. The topological polar surface area (TPSA) is 0 Å². The van der Waals surface area contributed by atoms with Crippen LogP contribution in [0.3, 0.4) is 0 Å². The van der Waals surface area contributed by atoms with Crippen LogP contribution in [0.4, 0.5) is 0 Å². The summed E-state index contributed by atoms with van der Waals surface area (Å²) < 4.78 is 3.72. The number of hydrogen-bond donors (Lipinski definition) is 0. The van der Waals surface area contributed by atoms with Gasteiger partial charge in [-0.3, -0.25) is 0 Å². The maximum absolute atomic E-state index is 3.81. The van der Waals surface area contributed by atoms with Crippen molar-refractivity contribution in [3.8, 4) is 0 Å². The zero-order valence-corrected chi connectivity index (χ0v) is 6.94. The first-order chi connectivity index (χ1) is 2.89. The van der Waals surface area contributed by atoms with Gasteiger partial charge in [0.1, 0.15) is 0 Å². The average Bonchev–Trinajstić information content (AvgIpc) is 1.86. The van der Waals surface area contributed by atoms with Crippen LogP contribution >= 0.6 is 0 Å². The van der Waals surface area contributed by atoms with Crippen LogP contribution < -0.4 is 0 Å². The molecule has 0 atom stereocenters.